The van der Waals surface area contributed by atoms with Crippen molar-refractivity contribution in [2.45, 2.75) is 30.3 Å². The first-order valence-corrected chi connectivity index (χ1v) is 12.4. The number of nitrogens with zero attached hydrogens (tertiary/aromatic N) is 3. The van der Waals surface area contributed by atoms with Crippen LogP contribution in [0.15, 0.2) is 29.3 Å². The van der Waals surface area contributed by atoms with E-state index in [1.54, 1.807) is 4.90 Å². The quantitative estimate of drug-likeness (QED) is 0.546. The van der Waals surface area contributed by atoms with Crippen LogP contribution in [0, 0.1) is 0 Å². The SMILES string of the molecule is C[C@@H](Oc1ccc(S(C)(=O)=O)cc1C(=O)N1CCN(c2ncc(C(F)(F)F)s2)CC1)C(F)(F)F. The zero-order chi connectivity index (χ0) is 25.5. The van der Waals surface area contributed by atoms with Crippen LogP contribution < -0.4 is 9.64 Å². The maximum Gasteiger partial charge on any atom is 0.427 e. The van der Waals surface area contributed by atoms with E-state index < -0.39 is 44.8 Å². The molecular formula is C19H19F6N3O4S2. The lowest BCUT2D eigenvalue weighted by molar-refractivity contribution is -0.189. The first-order valence-electron chi connectivity index (χ1n) is 9.72. The molecule has 1 aromatic heterocycles. The zero-order valence-electron chi connectivity index (χ0n) is 17.8. The molecule has 1 amide bonds. The summed E-state index contributed by atoms with van der Waals surface area (Å²) >= 11 is 0.462. The number of carbonyl (C=O) groups is 1. The third-order valence-corrected chi connectivity index (χ3v) is 7.20. The van der Waals surface area contributed by atoms with Crippen molar-refractivity contribution in [3.63, 3.8) is 0 Å². The van der Waals surface area contributed by atoms with Gasteiger partial charge in [-0.05, 0) is 25.1 Å². The molecule has 0 aliphatic carbocycles. The Hall–Kier alpha value is -2.55. The van der Waals surface area contributed by atoms with Crippen molar-refractivity contribution in [3.05, 3.63) is 34.8 Å². The van der Waals surface area contributed by atoms with Gasteiger partial charge in [0.15, 0.2) is 21.1 Å². The lowest BCUT2D eigenvalue weighted by atomic mass is 10.1. The minimum atomic E-state index is -4.72. The number of alkyl halides is 6. The maximum absolute atomic E-state index is 13.1. The van der Waals surface area contributed by atoms with E-state index in [1.807, 2.05) is 0 Å². The summed E-state index contributed by atoms with van der Waals surface area (Å²) in [7, 11) is -3.77. The van der Waals surface area contributed by atoms with Gasteiger partial charge in [-0.15, -0.1) is 0 Å². The van der Waals surface area contributed by atoms with Crippen molar-refractivity contribution >= 4 is 32.2 Å². The Morgan fingerprint density at radius 3 is 2.24 bits per heavy atom. The lowest BCUT2D eigenvalue weighted by Gasteiger charge is -2.35. The van der Waals surface area contributed by atoms with Crippen molar-refractivity contribution in [2.24, 2.45) is 0 Å². The summed E-state index contributed by atoms with van der Waals surface area (Å²) in [5.74, 6) is -1.19. The summed E-state index contributed by atoms with van der Waals surface area (Å²) < 4.78 is 106. The molecule has 2 heterocycles. The molecule has 1 atom stereocenters. The second-order valence-electron chi connectivity index (χ2n) is 7.52. The highest BCUT2D eigenvalue weighted by Gasteiger charge is 2.39. The number of hydrogen-bond donors (Lipinski definition) is 0. The second kappa shape index (κ2) is 9.24. The van der Waals surface area contributed by atoms with E-state index >= 15 is 0 Å². The summed E-state index contributed by atoms with van der Waals surface area (Å²) in [6.45, 7) is 1.05. The molecule has 15 heteroatoms. The number of sulfone groups is 1. The molecule has 188 valence electrons. The average Bonchev–Trinajstić information content (AvgIpc) is 3.23. The van der Waals surface area contributed by atoms with E-state index in [0.717, 1.165) is 37.6 Å². The van der Waals surface area contributed by atoms with Gasteiger partial charge < -0.3 is 14.5 Å². The third kappa shape index (κ3) is 5.92. The molecule has 2 aromatic rings. The Morgan fingerprint density at radius 1 is 1.12 bits per heavy atom. The minimum absolute atomic E-state index is 0.0249. The molecule has 0 bridgehead atoms. The highest BCUT2D eigenvalue weighted by Crippen LogP contribution is 2.36. The summed E-state index contributed by atoms with van der Waals surface area (Å²) in [6, 6.07) is 3.00. The molecule has 0 N–H and O–H groups in total. The predicted molar refractivity (Wildman–Crippen MR) is 111 cm³/mol. The van der Waals surface area contributed by atoms with E-state index in [9.17, 15) is 39.6 Å². The standard InChI is InChI=1S/C19H19F6N3O4S2/c1-11(18(20,21)22)32-14-4-3-12(34(2,30)31)9-13(14)16(29)27-5-7-28(8-6-27)17-26-10-15(33-17)19(23,24)25/h3-4,9-11H,5-8H2,1-2H3/t11-/m1/s1. The molecule has 3 rings (SSSR count). The van der Waals surface area contributed by atoms with Crippen LogP contribution in [0.2, 0.25) is 0 Å². The Kier molecular flexibility index (Phi) is 7.09. The van der Waals surface area contributed by atoms with Crippen LogP contribution >= 0.6 is 11.3 Å². The minimum Gasteiger partial charge on any atom is -0.480 e. The van der Waals surface area contributed by atoms with Gasteiger partial charge in [0, 0.05) is 32.4 Å². The Bertz CT molecular complexity index is 1160. The van der Waals surface area contributed by atoms with Gasteiger partial charge in [-0.25, -0.2) is 13.4 Å². The monoisotopic (exact) mass is 531 g/mol. The molecule has 7 nitrogen and oxygen atoms in total. The Balaban J connectivity index is 1.81. The predicted octanol–water partition coefficient (Wildman–Crippen LogP) is 3.86. The molecule has 0 saturated carbocycles. The van der Waals surface area contributed by atoms with Crippen LogP contribution in [-0.2, 0) is 16.0 Å². The number of ether oxygens (including phenoxy) is 1. The van der Waals surface area contributed by atoms with Gasteiger partial charge >= 0.3 is 12.4 Å². The van der Waals surface area contributed by atoms with Gasteiger partial charge in [0.2, 0.25) is 0 Å². The number of piperazine rings is 1. The number of rotatable bonds is 5. The highest BCUT2D eigenvalue weighted by molar-refractivity contribution is 7.90. The lowest BCUT2D eigenvalue weighted by Crippen LogP contribution is -2.49. The molecule has 0 spiro atoms. The number of benzene rings is 1. The first-order chi connectivity index (χ1) is 15.6. The van der Waals surface area contributed by atoms with Crippen LogP contribution in [0.25, 0.3) is 0 Å². The zero-order valence-corrected chi connectivity index (χ0v) is 19.4. The molecule has 1 aromatic carbocycles. The largest absolute Gasteiger partial charge is 0.480 e. The Morgan fingerprint density at radius 2 is 1.74 bits per heavy atom. The number of anilines is 1. The third-order valence-electron chi connectivity index (χ3n) is 4.98. The number of thiazole rings is 1. The van der Waals surface area contributed by atoms with E-state index in [4.69, 9.17) is 4.74 Å². The van der Waals surface area contributed by atoms with Gasteiger partial charge in [-0.3, -0.25) is 4.79 Å². The smallest absolute Gasteiger partial charge is 0.427 e. The molecule has 1 aliphatic heterocycles. The topological polar surface area (TPSA) is 79.8 Å². The number of halogens is 6. The van der Waals surface area contributed by atoms with Crippen molar-refractivity contribution < 1.29 is 44.3 Å². The van der Waals surface area contributed by atoms with Crippen molar-refractivity contribution in [3.8, 4) is 5.75 Å². The Labute approximate surface area is 194 Å². The summed E-state index contributed by atoms with van der Waals surface area (Å²) in [6.07, 6.45) is -9.89. The number of amides is 1. The van der Waals surface area contributed by atoms with Crippen molar-refractivity contribution in [2.75, 3.05) is 37.3 Å². The van der Waals surface area contributed by atoms with Crippen molar-refractivity contribution in [1.82, 2.24) is 9.88 Å². The van der Waals surface area contributed by atoms with E-state index in [1.165, 1.54) is 4.90 Å². The summed E-state index contributed by atoms with van der Waals surface area (Å²) in [4.78, 5) is 18.6. The fourth-order valence-corrected chi connectivity index (χ4v) is 4.56. The highest BCUT2D eigenvalue weighted by atomic mass is 32.2. The molecule has 1 saturated heterocycles. The van der Waals surface area contributed by atoms with Crippen molar-refractivity contribution in [1.29, 1.82) is 0 Å². The fourth-order valence-electron chi connectivity index (χ4n) is 3.08. The van der Waals surface area contributed by atoms with Gasteiger partial charge in [-0.1, -0.05) is 11.3 Å². The van der Waals surface area contributed by atoms with Crippen LogP contribution in [0.1, 0.15) is 22.2 Å². The summed E-state index contributed by atoms with van der Waals surface area (Å²) in [5.41, 5.74) is -0.360. The maximum atomic E-state index is 13.1. The molecular weight excluding hydrogens is 512 g/mol. The number of aromatic nitrogens is 1. The van der Waals surface area contributed by atoms with E-state index in [-0.39, 0.29) is 41.8 Å². The van der Waals surface area contributed by atoms with Gasteiger partial charge in [-0.2, -0.15) is 26.3 Å². The summed E-state index contributed by atoms with van der Waals surface area (Å²) in [5, 5.41) is 0.126. The molecule has 0 unspecified atom stereocenters. The van der Waals surface area contributed by atoms with Crippen LogP contribution in [-0.4, -0.2) is 68.9 Å². The number of hydrogen-bond acceptors (Lipinski definition) is 7. The van der Waals surface area contributed by atoms with Gasteiger partial charge in [0.05, 0.1) is 16.7 Å². The van der Waals surface area contributed by atoms with Crippen LogP contribution in [0.4, 0.5) is 31.5 Å². The fraction of sp³-hybridized carbons (Fsp3) is 0.474. The first kappa shape index (κ1) is 26.1. The van der Waals surface area contributed by atoms with E-state index in [0.29, 0.717) is 11.3 Å². The van der Waals surface area contributed by atoms with Gasteiger partial charge in [0.1, 0.15) is 10.6 Å². The van der Waals surface area contributed by atoms with Crippen LogP contribution in [0.3, 0.4) is 0 Å². The number of carbonyl (C=O) groups excluding carboxylic acids is 1. The normalized spacial score (nSPS) is 16.5. The molecule has 1 fully saturated rings. The molecule has 34 heavy (non-hydrogen) atoms. The van der Waals surface area contributed by atoms with Gasteiger partial charge in [0.25, 0.3) is 5.91 Å². The second-order valence-corrected chi connectivity index (χ2v) is 10.5. The molecule has 0 radical (unpaired) electrons. The van der Waals surface area contributed by atoms with E-state index in [2.05, 4.69) is 4.98 Å². The van der Waals surface area contributed by atoms with Crippen LogP contribution in [0.5, 0.6) is 5.75 Å². The average molecular weight is 532 g/mol. The molecule has 1 aliphatic rings.